The molecule has 0 saturated heterocycles. The van der Waals surface area contributed by atoms with Gasteiger partial charge in [0.2, 0.25) is 0 Å². The van der Waals surface area contributed by atoms with E-state index in [2.05, 4.69) is 5.32 Å². The third-order valence-electron chi connectivity index (χ3n) is 3.84. The van der Waals surface area contributed by atoms with Crippen LogP contribution in [-0.4, -0.2) is 19.1 Å². The molecule has 0 aliphatic heterocycles. The van der Waals surface area contributed by atoms with Gasteiger partial charge in [-0.15, -0.1) is 0 Å². The van der Waals surface area contributed by atoms with Gasteiger partial charge in [0, 0.05) is 12.6 Å². The van der Waals surface area contributed by atoms with Gasteiger partial charge >= 0.3 is 6.18 Å². The van der Waals surface area contributed by atoms with Crippen LogP contribution in [0.3, 0.4) is 0 Å². The van der Waals surface area contributed by atoms with Crippen molar-refractivity contribution in [1.29, 1.82) is 0 Å². The normalized spacial score (nSPS) is 13.0. The second kappa shape index (κ2) is 7.55. The van der Waals surface area contributed by atoms with Gasteiger partial charge in [-0.2, -0.15) is 13.2 Å². The van der Waals surface area contributed by atoms with Crippen LogP contribution in [0.25, 0.3) is 6.08 Å². The minimum Gasteiger partial charge on any atom is -0.355 e. The van der Waals surface area contributed by atoms with Gasteiger partial charge in [-0.3, -0.25) is 4.79 Å². The fourth-order valence-electron chi connectivity index (χ4n) is 2.70. The number of carbonyl (C=O) groups excluding carboxylic acids is 1. The first-order valence-corrected chi connectivity index (χ1v) is 7.86. The highest BCUT2D eigenvalue weighted by Crippen LogP contribution is 2.37. The molecule has 0 spiro atoms. The molecule has 2 nitrogen and oxygen atoms in total. The molecule has 2 aromatic carbocycles. The largest absolute Gasteiger partial charge is 0.399 e. The quantitative estimate of drug-likeness (QED) is 0.826. The zero-order valence-corrected chi connectivity index (χ0v) is 14.3. The zero-order chi connectivity index (χ0) is 18.6. The molecule has 0 saturated carbocycles. The Morgan fingerprint density at radius 2 is 1.60 bits per heavy atom. The lowest BCUT2D eigenvalue weighted by molar-refractivity contribution is -0.139. The van der Waals surface area contributed by atoms with Crippen LogP contribution in [0.1, 0.15) is 38.5 Å². The van der Waals surface area contributed by atoms with E-state index in [0.29, 0.717) is 11.1 Å². The molecule has 0 fully saturated rings. The standard InChI is InChI=1S/C20H20F3NO/c1-13-10-14(2)12-17(11-13)18(20(21,22)23)9-6-15-4-7-16(8-5-15)19(25)24-3/h4-12,18H,1-3H3,(H,24,25)/b9-6+. The van der Waals surface area contributed by atoms with Crippen molar-refractivity contribution in [2.75, 3.05) is 7.05 Å². The maximum absolute atomic E-state index is 13.5. The Balaban J connectivity index is 2.31. The monoisotopic (exact) mass is 347 g/mol. The summed E-state index contributed by atoms with van der Waals surface area (Å²) in [5, 5.41) is 2.50. The molecule has 0 radical (unpaired) electrons. The Kier molecular flexibility index (Phi) is 5.67. The van der Waals surface area contributed by atoms with E-state index in [-0.39, 0.29) is 11.5 Å². The molecule has 2 aromatic rings. The molecular weight excluding hydrogens is 327 g/mol. The molecule has 0 aliphatic carbocycles. The summed E-state index contributed by atoms with van der Waals surface area (Å²) >= 11 is 0. The fourth-order valence-corrected chi connectivity index (χ4v) is 2.70. The number of hydrogen-bond acceptors (Lipinski definition) is 1. The molecule has 0 bridgehead atoms. The average molecular weight is 347 g/mol. The van der Waals surface area contributed by atoms with Crippen LogP contribution in [0.5, 0.6) is 0 Å². The summed E-state index contributed by atoms with van der Waals surface area (Å²) < 4.78 is 40.5. The molecule has 1 unspecified atom stereocenters. The number of hydrogen-bond donors (Lipinski definition) is 1. The van der Waals surface area contributed by atoms with E-state index in [4.69, 9.17) is 0 Å². The first kappa shape index (κ1) is 18.8. The van der Waals surface area contributed by atoms with Crippen molar-refractivity contribution in [3.63, 3.8) is 0 Å². The van der Waals surface area contributed by atoms with Crippen molar-refractivity contribution in [2.24, 2.45) is 0 Å². The van der Waals surface area contributed by atoms with Gasteiger partial charge in [-0.25, -0.2) is 0 Å². The second-order valence-corrected chi connectivity index (χ2v) is 6.00. The van der Waals surface area contributed by atoms with Crippen LogP contribution in [0, 0.1) is 13.8 Å². The van der Waals surface area contributed by atoms with Gasteiger partial charge in [0.05, 0.1) is 5.92 Å². The molecule has 1 N–H and O–H groups in total. The van der Waals surface area contributed by atoms with Crippen LogP contribution in [0.4, 0.5) is 13.2 Å². The van der Waals surface area contributed by atoms with E-state index in [1.807, 2.05) is 6.07 Å². The Labute approximate surface area is 145 Å². The molecule has 0 aliphatic rings. The number of nitrogens with one attached hydrogen (secondary N) is 1. The number of alkyl halides is 3. The number of benzene rings is 2. The van der Waals surface area contributed by atoms with Crippen molar-refractivity contribution in [3.8, 4) is 0 Å². The third-order valence-corrected chi connectivity index (χ3v) is 3.84. The summed E-state index contributed by atoms with van der Waals surface area (Å²) in [5.74, 6) is -1.91. The number of carbonyl (C=O) groups is 1. The molecular formula is C20H20F3NO. The topological polar surface area (TPSA) is 29.1 Å². The van der Waals surface area contributed by atoms with Crippen molar-refractivity contribution in [3.05, 3.63) is 76.4 Å². The first-order valence-electron chi connectivity index (χ1n) is 7.86. The van der Waals surface area contributed by atoms with Crippen molar-refractivity contribution in [2.45, 2.75) is 25.9 Å². The predicted octanol–water partition coefficient (Wildman–Crippen LogP) is 5.02. The van der Waals surface area contributed by atoms with Crippen molar-refractivity contribution < 1.29 is 18.0 Å². The van der Waals surface area contributed by atoms with Crippen LogP contribution in [0.15, 0.2) is 48.5 Å². The fraction of sp³-hybridized carbons (Fsp3) is 0.250. The Morgan fingerprint density at radius 1 is 1.04 bits per heavy atom. The highest BCUT2D eigenvalue weighted by Gasteiger charge is 2.38. The SMILES string of the molecule is CNC(=O)c1ccc(/C=C/C(c2cc(C)cc(C)c2)C(F)(F)F)cc1. The molecule has 0 heterocycles. The Bertz CT molecular complexity index is 756. The second-order valence-electron chi connectivity index (χ2n) is 6.00. The highest BCUT2D eigenvalue weighted by atomic mass is 19.4. The van der Waals surface area contributed by atoms with E-state index >= 15 is 0 Å². The summed E-state index contributed by atoms with van der Waals surface area (Å²) in [6.07, 6.45) is -1.79. The highest BCUT2D eigenvalue weighted by molar-refractivity contribution is 5.94. The Morgan fingerprint density at radius 3 is 2.08 bits per heavy atom. The lowest BCUT2D eigenvalue weighted by atomic mass is 9.94. The van der Waals surface area contributed by atoms with E-state index in [1.165, 1.54) is 13.1 Å². The van der Waals surface area contributed by atoms with Gasteiger partial charge < -0.3 is 5.32 Å². The van der Waals surface area contributed by atoms with E-state index in [1.54, 1.807) is 50.2 Å². The number of halogens is 3. The molecule has 0 aromatic heterocycles. The predicted molar refractivity (Wildman–Crippen MR) is 93.6 cm³/mol. The van der Waals surface area contributed by atoms with Crippen molar-refractivity contribution in [1.82, 2.24) is 5.32 Å². The third kappa shape index (κ3) is 4.95. The number of allylic oxidation sites excluding steroid dienone is 1. The molecule has 2 rings (SSSR count). The van der Waals surface area contributed by atoms with E-state index in [9.17, 15) is 18.0 Å². The molecule has 25 heavy (non-hydrogen) atoms. The van der Waals surface area contributed by atoms with Crippen molar-refractivity contribution >= 4 is 12.0 Å². The van der Waals surface area contributed by atoms with Crippen LogP contribution in [0.2, 0.25) is 0 Å². The minimum atomic E-state index is -4.38. The summed E-state index contributed by atoms with van der Waals surface area (Å²) in [6, 6.07) is 11.4. The first-order chi connectivity index (χ1) is 11.7. The van der Waals surface area contributed by atoms with Gasteiger partial charge in [-0.1, -0.05) is 53.6 Å². The van der Waals surface area contributed by atoms with Gasteiger partial charge in [0.15, 0.2) is 0 Å². The molecule has 5 heteroatoms. The van der Waals surface area contributed by atoms with Crippen LogP contribution >= 0.6 is 0 Å². The molecule has 1 atom stereocenters. The molecule has 1 amide bonds. The summed E-state index contributed by atoms with van der Waals surface area (Å²) in [6.45, 7) is 3.57. The Hall–Kier alpha value is -2.56. The van der Waals surface area contributed by atoms with E-state index in [0.717, 1.165) is 17.2 Å². The van der Waals surface area contributed by atoms with Gasteiger partial charge in [-0.05, 0) is 37.1 Å². The van der Waals surface area contributed by atoms with Gasteiger partial charge in [0.25, 0.3) is 5.91 Å². The zero-order valence-electron chi connectivity index (χ0n) is 14.3. The number of aryl methyl sites for hydroxylation is 2. The average Bonchev–Trinajstić information content (AvgIpc) is 2.52. The lowest BCUT2D eigenvalue weighted by Crippen LogP contribution is -2.19. The number of rotatable bonds is 4. The maximum atomic E-state index is 13.5. The van der Waals surface area contributed by atoms with Crippen LogP contribution < -0.4 is 5.32 Å². The maximum Gasteiger partial charge on any atom is 0.399 e. The smallest absolute Gasteiger partial charge is 0.355 e. The summed E-state index contributed by atoms with van der Waals surface area (Å²) in [7, 11) is 1.52. The van der Waals surface area contributed by atoms with Gasteiger partial charge in [0.1, 0.15) is 0 Å². The number of amides is 1. The molecule has 132 valence electrons. The van der Waals surface area contributed by atoms with E-state index < -0.39 is 12.1 Å². The summed E-state index contributed by atoms with van der Waals surface area (Å²) in [5.41, 5.74) is 2.89. The lowest BCUT2D eigenvalue weighted by Gasteiger charge is -2.18. The summed E-state index contributed by atoms with van der Waals surface area (Å²) in [4.78, 5) is 11.5. The van der Waals surface area contributed by atoms with Crippen LogP contribution in [-0.2, 0) is 0 Å². The minimum absolute atomic E-state index is 0.225.